The summed E-state index contributed by atoms with van der Waals surface area (Å²) in [5, 5.41) is 9.25. The van der Waals surface area contributed by atoms with Crippen molar-refractivity contribution in [2.24, 2.45) is 12.0 Å². The zero-order valence-electron chi connectivity index (χ0n) is 14.3. The highest BCUT2D eigenvalue weighted by atomic mass is 127. The van der Waals surface area contributed by atoms with Gasteiger partial charge in [0.25, 0.3) is 0 Å². The molecule has 26 heavy (non-hydrogen) atoms. The van der Waals surface area contributed by atoms with Crippen molar-refractivity contribution in [3.8, 4) is 0 Å². The number of benzene rings is 1. The maximum absolute atomic E-state index is 13.1. The number of aryl methyl sites for hydroxylation is 1. The van der Waals surface area contributed by atoms with Crippen molar-refractivity contribution in [3.05, 3.63) is 53.1 Å². The van der Waals surface area contributed by atoms with E-state index in [1.165, 1.54) is 32.4 Å². The van der Waals surface area contributed by atoms with Crippen LogP contribution in [0.2, 0.25) is 0 Å². The molecule has 10 heteroatoms. The predicted molar refractivity (Wildman–Crippen MR) is 102 cm³/mol. The van der Waals surface area contributed by atoms with Gasteiger partial charge in [-0.3, -0.25) is 9.67 Å². The summed E-state index contributed by atoms with van der Waals surface area (Å²) in [5.41, 5.74) is -0.0737. The van der Waals surface area contributed by atoms with Crippen molar-refractivity contribution in [1.29, 1.82) is 0 Å². The lowest BCUT2D eigenvalue weighted by Crippen LogP contribution is -2.38. The van der Waals surface area contributed by atoms with Gasteiger partial charge in [-0.05, 0) is 24.1 Å². The molecule has 0 amide bonds. The first-order chi connectivity index (χ1) is 11.8. The van der Waals surface area contributed by atoms with Crippen molar-refractivity contribution in [2.75, 3.05) is 13.6 Å². The minimum Gasteiger partial charge on any atom is -0.356 e. The number of nitrogens with one attached hydrogen (secondary N) is 2. The second kappa shape index (κ2) is 9.74. The predicted octanol–water partition coefficient (Wildman–Crippen LogP) is 3.10. The first-order valence-electron chi connectivity index (χ1n) is 7.58. The quantitative estimate of drug-likeness (QED) is 0.296. The average molecular weight is 485 g/mol. The molecule has 1 aromatic carbocycles. The van der Waals surface area contributed by atoms with Gasteiger partial charge in [-0.1, -0.05) is 12.1 Å². The standard InChI is InChI=1S/C16H19F4N5.HI/c1-21-15(22-7-6-11-4-3-5-13(17)8-11)23-9-12-10-25(2)24-14(12)16(18,19)20;/h3-5,8,10H,6-7,9H2,1-2H3,(H2,21,22,23);1H. The summed E-state index contributed by atoms with van der Waals surface area (Å²) >= 11 is 0. The third kappa shape index (κ3) is 6.46. The second-order valence-corrected chi connectivity index (χ2v) is 5.41. The molecular weight excluding hydrogens is 465 g/mol. The van der Waals surface area contributed by atoms with Crippen LogP contribution < -0.4 is 10.6 Å². The van der Waals surface area contributed by atoms with E-state index in [4.69, 9.17) is 0 Å². The molecule has 0 spiro atoms. The Labute approximate surface area is 165 Å². The Hall–Kier alpha value is -1.85. The van der Waals surface area contributed by atoms with E-state index in [0.29, 0.717) is 18.9 Å². The first-order valence-corrected chi connectivity index (χ1v) is 7.58. The third-order valence-corrected chi connectivity index (χ3v) is 3.44. The topological polar surface area (TPSA) is 54.2 Å². The van der Waals surface area contributed by atoms with Crippen LogP contribution in [0, 0.1) is 5.82 Å². The molecule has 0 radical (unpaired) electrons. The Bertz CT molecular complexity index is 742. The fourth-order valence-electron chi connectivity index (χ4n) is 2.32. The third-order valence-electron chi connectivity index (χ3n) is 3.44. The molecule has 0 saturated heterocycles. The van der Waals surface area contributed by atoms with Gasteiger partial charge in [0, 0.05) is 38.9 Å². The molecule has 0 unspecified atom stereocenters. The Morgan fingerprint density at radius 2 is 2.00 bits per heavy atom. The van der Waals surface area contributed by atoms with Crippen molar-refractivity contribution < 1.29 is 17.6 Å². The average Bonchev–Trinajstić information content (AvgIpc) is 2.92. The number of halogens is 5. The molecule has 1 aromatic heterocycles. The highest BCUT2D eigenvalue weighted by Crippen LogP contribution is 2.30. The fraction of sp³-hybridized carbons (Fsp3) is 0.375. The minimum absolute atomic E-state index is 0. The van der Waals surface area contributed by atoms with Gasteiger partial charge in [0.2, 0.25) is 0 Å². The van der Waals surface area contributed by atoms with E-state index in [0.717, 1.165) is 10.2 Å². The molecule has 0 aliphatic rings. The van der Waals surface area contributed by atoms with E-state index in [-0.39, 0.29) is 41.9 Å². The summed E-state index contributed by atoms with van der Waals surface area (Å²) in [6.07, 6.45) is -2.64. The molecule has 2 N–H and O–H groups in total. The van der Waals surface area contributed by atoms with Crippen LogP contribution in [-0.2, 0) is 26.2 Å². The van der Waals surface area contributed by atoms with Crippen molar-refractivity contribution in [2.45, 2.75) is 19.1 Å². The van der Waals surface area contributed by atoms with Gasteiger partial charge >= 0.3 is 6.18 Å². The van der Waals surface area contributed by atoms with Crippen LogP contribution in [0.4, 0.5) is 17.6 Å². The van der Waals surface area contributed by atoms with E-state index < -0.39 is 11.9 Å². The number of hydrogen-bond acceptors (Lipinski definition) is 2. The lowest BCUT2D eigenvalue weighted by atomic mass is 10.1. The van der Waals surface area contributed by atoms with Crippen molar-refractivity contribution in [3.63, 3.8) is 0 Å². The summed E-state index contributed by atoms with van der Waals surface area (Å²) in [7, 11) is 2.95. The second-order valence-electron chi connectivity index (χ2n) is 5.41. The van der Waals surface area contributed by atoms with Gasteiger partial charge in [-0.15, -0.1) is 24.0 Å². The minimum atomic E-state index is -4.51. The van der Waals surface area contributed by atoms with Gasteiger partial charge in [0.05, 0.1) is 0 Å². The lowest BCUT2D eigenvalue weighted by Gasteiger charge is -2.12. The summed E-state index contributed by atoms with van der Waals surface area (Å²) in [6.45, 7) is 0.393. The van der Waals surface area contributed by atoms with Crippen LogP contribution in [0.1, 0.15) is 16.8 Å². The summed E-state index contributed by atoms with van der Waals surface area (Å²) in [5.74, 6) is 0.0460. The maximum Gasteiger partial charge on any atom is 0.435 e. The Morgan fingerprint density at radius 1 is 1.27 bits per heavy atom. The molecular formula is C16H20F4IN5. The van der Waals surface area contributed by atoms with Crippen LogP contribution in [0.5, 0.6) is 0 Å². The summed E-state index contributed by atoms with van der Waals surface area (Å²) in [4.78, 5) is 3.96. The highest BCUT2D eigenvalue weighted by molar-refractivity contribution is 14.0. The van der Waals surface area contributed by atoms with Crippen molar-refractivity contribution in [1.82, 2.24) is 20.4 Å². The van der Waals surface area contributed by atoms with E-state index in [9.17, 15) is 17.6 Å². The van der Waals surface area contributed by atoms with E-state index in [1.54, 1.807) is 12.1 Å². The molecule has 2 aromatic rings. The number of alkyl halides is 3. The number of guanidine groups is 1. The SMILES string of the molecule is CN=C(NCCc1cccc(F)c1)NCc1cn(C)nc1C(F)(F)F.I. The van der Waals surface area contributed by atoms with Crippen LogP contribution in [-0.4, -0.2) is 29.3 Å². The number of nitrogens with zero attached hydrogens (tertiary/aromatic N) is 3. The number of aliphatic imine (C=N–C) groups is 1. The molecule has 5 nitrogen and oxygen atoms in total. The number of hydrogen-bond donors (Lipinski definition) is 2. The maximum atomic E-state index is 13.1. The molecule has 0 atom stereocenters. The van der Waals surface area contributed by atoms with Gasteiger partial charge in [-0.25, -0.2) is 4.39 Å². The lowest BCUT2D eigenvalue weighted by molar-refractivity contribution is -0.142. The fourth-order valence-corrected chi connectivity index (χ4v) is 2.32. The highest BCUT2D eigenvalue weighted by Gasteiger charge is 2.36. The van der Waals surface area contributed by atoms with Crippen molar-refractivity contribution >= 4 is 29.9 Å². The van der Waals surface area contributed by atoms with Gasteiger partial charge in [0.1, 0.15) is 5.82 Å². The van der Waals surface area contributed by atoms with E-state index >= 15 is 0 Å². The number of rotatable bonds is 5. The molecule has 2 rings (SSSR count). The Morgan fingerprint density at radius 3 is 2.62 bits per heavy atom. The molecule has 0 aliphatic carbocycles. The Balaban J connectivity index is 0.00000338. The van der Waals surface area contributed by atoms with E-state index in [1.807, 2.05) is 0 Å². The summed E-state index contributed by atoms with van der Waals surface area (Å²) < 4.78 is 53.0. The normalized spacial score (nSPS) is 11.8. The molecule has 0 bridgehead atoms. The van der Waals surface area contributed by atoms with Crippen LogP contribution in [0.15, 0.2) is 35.5 Å². The molecule has 1 heterocycles. The molecule has 0 aliphatic heterocycles. The molecule has 0 saturated carbocycles. The largest absolute Gasteiger partial charge is 0.435 e. The van der Waals surface area contributed by atoms with Crippen LogP contribution >= 0.6 is 24.0 Å². The zero-order valence-corrected chi connectivity index (χ0v) is 16.6. The number of aromatic nitrogens is 2. The van der Waals surface area contributed by atoms with Crippen LogP contribution in [0.3, 0.4) is 0 Å². The van der Waals surface area contributed by atoms with Crippen LogP contribution in [0.25, 0.3) is 0 Å². The van der Waals surface area contributed by atoms with Gasteiger partial charge < -0.3 is 10.6 Å². The van der Waals surface area contributed by atoms with Gasteiger partial charge in [0.15, 0.2) is 11.7 Å². The Kier molecular flexibility index (Phi) is 8.31. The summed E-state index contributed by atoms with van der Waals surface area (Å²) in [6, 6.07) is 6.22. The smallest absolute Gasteiger partial charge is 0.356 e. The molecule has 144 valence electrons. The first kappa shape index (κ1) is 22.2. The molecule has 0 fully saturated rings. The monoisotopic (exact) mass is 485 g/mol. The van der Waals surface area contributed by atoms with E-state index in [2.05, 4.69) is 20.7 Å². The zero-order chi connectivity index (χ0) is 18.4. The van der Waals surface area contributed by atoms with Gasteiger partial charge in [-0.2, -0.15) is 18.3 Å².